The van der Waals surface area contributed by atoms with E-state index in [4.69, 9.17) is 0 Å². The smallest absolute Gasteiger partial charge is 0.273 e. The molecule has 1 fully saturated rings. The number of nitro groups is 1. The van der Waals surface area contributed by atoms with Gasteiger partial charge >= 0.3 is 0 Å². The highest BCUT2D eigenvalue weighted by molar-refractivity contribution is 5.97. The van der Waals surface area contributed by atoms with Crippen LogP contribution in [-0.2, 0) is 6.54 Å². The number of hydrogen-bond donors (Lipinski definition) is 1. The van der Waals surface area contributed by atoms with Gasteiger partial charge in [0, 0.05) is 49.8 Å². The van der Waals surface area contributed by atoms with Crippen molar-refractivity contribution in [2.24, 2.45) is 5.10 Å². The Kier molecular flexibility index (Phi) is 5.93. The van der Waals surface area contributed by atoms with E-state index in [0.717, 1.165) is 38.2 Å². The number of rotatable bonds is 5. The summed E-state index contributed by atoms with van der Waals surface area (Å²) in [4.78, 5) is 25.2. The highest BCUT2D eigenvalue weighted by Crippen LogP contribution is 2.21. The Labute approximate surface area is 157 Å². The van der Waals surface area contributed by atoms with E-state index in [0.29, 0.717) is 5.56 Å². The fourth-order valence-corrected chi connectivity index (χ4v) is 3.18. The van der Waals surface area contributed by atoms with Crippen LogP contribution >= 0.6 is 0 Å². The summed E-state index contributed by atoms with van der Waals surface area (Å²) in [5, 5.41) is 15.2. The van der Waals surface area contributed by atoms with Gasteiger partial charge in [-0.1, -0.05) is 36.4 Å². The van der Waals surface area contributed by atoms with Crippen LogP contribution in [0, 0.1) is 17.0 Å². The minimum atomic E-state index is -0.486. The van der Waals surface area contributed by atoms with Crippen molar-refractivity contribution >= 4 is 17.3 Å². The minimum Gasteiger partial charge on any atom is -0.298 e. The number of carbonyl (C=O) groups is 1. The van der Waals surface area contributed by atoms with Crippen molar-refractivity contribution in [3.05, 3.63) is 75.3 Å². The highest BCUT2D eigenvalue weighted by Gasteiger charge is 2.19. The molecule has 0 atom stereocenters. The second kappa shape index (κ2) is 8.55. The maximum Gasteiger partial charge on any atom is 0.273 e. The number of likely N-dealkylation sites (tertiary alicyclic amines) is 1. The molecule has 0 aliphatic carbocycles. The molecule has 1 amide bonds. The van der Waals surface area contributed by atoms with Gasteiger partial charge in [0.25, 0.3) is 11.6 Å². The number of carbonyl (C=O) groups excluding carboxylic acids is 1. The average molecular weight is 366 g/mol. The van der Waals surface area contributed by atoms with Crippen LogP contribution in [0.2, 0.25) is 0 Å². The van der Waals surface area contributed by atoms with Crippen LogP contribution in [0.15, 0.2) is 53.6 Å². The molecule has 2 aromatic carbocycles. The summed E-state index contributed by atoms with van der Waals surface area (Å²) >= 11 is 0. The second-order valence-electron chi connectivity index (χ2n) is 6.59. The first-order valence-electron chi connectivity index (χ1n) is 8.90. The van der Waals surface area contributed by atoms with Gasteiger partial charge in [-0.3, -0.25) is 19.8 Å². The molecular formula is C20H22N4O3. The molecule has 0 radical (unpaired) electrons. The Morgan fingerprint density at radius 2 is 1.85 bits per heavy atom. The Morgan fingerprint density at radius 1 is 1.15 bits per heavy atom. The number of piperidine rings is 1. The average Bonchev–Trinajstić information content (AvgIpc) is 2.68. The molecule has 7 heteroatoms. The molecule has 0 aromatic heterocycles. The number of benzene rings is 2. The summed E-state index contributed by atoms with van der Waals surface area (Å²) in [6, 6.07) is 14.8. The van der Waals surface area contributed by atoms with Gasteiger partial charge < -0.3 is 0 Å². The molecular weight excluding hydrogens is 344 g/mol. The molecule has 3 rings (SSSR count). The third-order valence-electron chi connectivity index (χ3n) is 4.74. The Balaban J connectivity index is 1.56. The van der Waals surface area contributed by atoms with Crippen molar-refractivity contribution in [2.75, 3.05) is 13.1 Å². The van der Waals surface area contributed by atoms with Crippen molar-refractivity contribution in [3.8, 4) is 0 Å². The molecule has 140 valence electrons. The van der Waals surface area contributed by atoms with E-state index in [-0.39, 0.29) is 11.3 Å². The molecule has 1 N–H and O–H groups in total. The molecule has 2 aromatic rings. The van der Waals surface area contributed by atoms with Crippen LogP contribution in [-0.4, -0.2) is 34.5 Å². The van der Waals surface area contributed by atoms with Gasteiger partial charge in [0.05, 0.1) is 10.5 Å². The molecule has 7 nitrogen and oxygen atoms in total. The predicted octanol–water partition coefficient (Wildman–Crippen LogP) is 3.29. The van der Waals surface area contributed by atoms with E-state index >= 15 is 0 Å². The Hall–Kier alpha value is -3.06. The highest BCUT2D eigenvalue weighted by atomic mass is 16.6. The van der Waals surface area contributed by atoms with Gasteiger partial charge in [0.1, 0.15) is 0 Å². The van der Waals surface area contributed by atoms with Gasteiger partial charge in [-0.2, -0.15) is 5.10 Å². The predicted molar refractivity (Wildman–Crippen MR) is 104 cm³/mol. The van der Waals surface area contributed by atoms with E-state index in [2.05, 4.69) is 27.6 Å². The normalized spacial score (nSPS) is 14.6. The van der Waals surface area contributed by atoms with Crippen molar-refractivity contribution in [1.82, 2.24) is 10.3 Å². The lowest BCUT2D eigenvalue weighted by atomic mass is 10.1. The third kappa shape index (κ3) is 4.77. The molecule has 27 heavy (non-hydrogen) atoms. The number of nitrogens with zero attached hydrogens (tertiary/aromatic N) is 3. The first kappa shape index (κ1) is 18.7. The van der Waals surface area contributed by atoms with E-state index in [1.165, 1.54) is 17.7 Å². The largest absolute Gasteiger partial charge is 0.298 e. The van der Waals surface area contributed by atoms with Crippen LogP contribution < -0.4 is 5.43 Å². The first-order valence-corrected chi connectivity index (χ1v) is 8.90. The topological polar surface area (TPSA) is 87.8 Å². The standard InChI is InChI=1S/C20H22N4O3/c1-15-18(8-5-9-19(15)24(26)27)20(25)22-21-17-10-12-23(13-11-17)14-16-6-3-2-4-7-16/h2-9H,10-14H2,1H3,(H,22,25). The number of hydrogen-bond acceptors (Lipinski definition) is 5. The fourth-order valence-electron chi connectivity index (χ4n) is 3.18. The molecule has 1 heterocycles. The summed E-state index contributed by atoms with van der Waals surface area (Å²) in [6.07, 6.45) is 1.59. The number of nitro benzene ring substituents is 1. The quantitative estimate of drug-likeness (QED) is 0.650. The lowest BCUT2D eigenvalue weighted by Gasteiger charge is -2.27. The van der Waals surface area contributed by atoms with Crippen molar-refractivity contribution in [3.63, 3.8) is 0 Å². The van der Waals surface area contributed by atoms with Crippen LogP contribution in [0.5, 0.6) is 0 Å². The molecule has 0 saturated carbocycles. The molecule has 1 aliphatic heterocycles. The number of hydrazone groups is 1. The zero-order valence-corrected chi connectivity index (χ0v) is 15.2. The fraction of sp³-hybridized carbons (Fsp3) is 0.300. The first-order chi connectivity index (χ1) is 13.0. The summed E-state index contributed by atoms with van der Waals surface area (Å²) in [7, 11) is 0. The van der Waals surface area contributed by atoms with E-state index in [1.807, 2.05) is 18.2 Å². The zero-order valence-electron chi connectivity index (χ0n) is 15.2. The SMILES string of the molecule is Cc1c(C(=O)NN=C2CCN(Cc3ccccc3)CC2)cccc1[N+](=O)[O-]. The molecule has 0 spiro atoms. The Morgan fingerprint density at radius 3 is 2.52 bits per heavy atom. The summed E-state index contributed by atoms with van der Waals surface area (Å²) in [5.41, 5.74) is 5.33. The molecule has 1 aliphatic rings. The third-order valence-corrected chi connectivity index (χ3v) is 4.74. The van der Waals surface area contributed by atoms with Crippen LogP contribution in [0.3, 0.4) is 0 Å². The van der Waals surface area contributed by atoms with Gasteiger partial charge in [-0.15, -0.1) is 0 Å². The van der Waals surface area contributed by atoms with Crippen molar-refractivity contribution in [2.45, 2.75) is 26.3 Å². The summed E-state index contributed by atoms with van der Waals surface area (Å²) in [6.45, 7) is 4.26. The maximum atomic E-state index is 12.3. The van der Waals surface area contributed by atoms with E-state index in [1.54, 1.807) is 13.0 Å². The van der Waals surface area contributed by atoms with Gasteiger partial charge in [0.2, 0.25) is 0 Å². The molecule has 0 unspecified atom stereocenters. The summed E-state index contributed by atoms with van der Waals surface area (Å²) < 4.78 is 0. The van der Waals surface area contributed by atoms with Crippen molar-refractivity contribution < 1.29 is 9.72 Å². The number of amides is 1. The lowest BCUT2D eigenvalue weighted by molar-refractivity contribution is -0.385. The summed E-state index contributed by atoms with van der Waals surface area (Å²) in [5.74, 6) is -0.421. The minimum absolute atomic E-state index is 0.0653. The van der Waals surface area contributed by atoms with Gasteiger partial charge in [-0.25, -0.2) is 5.43 Å². The van der Waals surface area contributed by atoms with Crippen LogP contribution in [0.1, 0.15) is 34.3 Å². The zero-order chi connectivity index (χ0) is 19.2. The maximum absolute atomic E-state index is 12.3. The van der Waals surface area contributed by atoms with Crippen LogP contribution in [0.4, 0.5) is 5.69 Å². The number of nitrogens with one attached hydrogen (secondary N) is 1. The van der Waals surface area contributed by atoms with E-state index in [9.17, 15) is 14.9 Å². The monoisotopic (exact) mass is 366 g/mol. The van der Waals surface area contributed by atoms with Crippen LogP contribution in [0.25, 0.3) is 0 Å². The molecule has 1 saturated heterocycles. The van der Waals surface area contributed by atoms with Crippen molar-refractivity contribution in [1.29, 1.82) is 0 Å². The van der Waals surface area contributed by atoms with E-state index < -0.39 is 10.8 Å². The lowest BCUT2D eigenvalue weighted by Crippen LogP contribution is -2.34. The second-order valence-corrected chi connectivity index (χ2v) is 6.59. The van der Waals surface area contributed by atoms with Gasteiger partial charge in [0.15, 0.2) is 0 Å². The van der Waals surface area contributed by atoms with Gasteiger partial charge in [-0.05, 0) is 18.6 Å². The molecule has 0 bridgehead atoms. The Bertz CT molecular complexity index is 855.